The summed E-state index contributed by atoms with van der Waals surface area (Å²) in [6.07, 6.45) is 4.30. The van der Waals surface area contributed by atoms with Crippen molar-refractivity contribution in [3.8, 4) is 11.5 Å². The van der Waals surface area contributed by atoms with Gasteiger partial charge in [0.2, 0.25) is 0 Å². The molecule has 1 amide bonds. The Morgan fingerprint density at radius 2 is 1.74 bits per heavy atom. The minimum Gasteiger partial charge on any atom is -0.493 e. The van der Waals surface area contributed by atoms with Crippen LogP contribution in [0.4, 0.5) is 5.69 Å². The van der Waals surface area contributed by atoms with E-state index in [0.29, 0.717) is 34.7 Å². The van der Waals surface area contributed by atoms with Gasteiger partial charge in [0.25, 0.3) is 5.91 Å². The average Bonchev–Trinajstić information content (AvgIpc) is 3.16. The number of rotatable bonds is 9. The van der Waals surface area contributed by atoms with Gasteiger partial charge in [-0.25, -0.2) is 4.99 Å². The normalized spacial score (nSPS) is 15.7. The lowest BCUT2D eigenvalue weighted by molar-refractivity contribution is -0.122. The van der Waals surface area contributed by atoms with E-state index in [1.54, 1.807) is 18.1 Å². The quantitative estimate of drug-likeness (QED) is 0.280. The van der Waals surface area contributed by atoms with Gasteiger partial charge in [-0.2, -0.15) is 0 Å². The Balaban J connectivity index is 1.61. The van der Waals surface area contributed by atoms with Crippen molar-refractivity contribution in [3.63, 3.8) is 0 Å². The summed E-state index contributed by atoms with van der Waals surface area (Å²) in [6, 6.07) is 25.4. The number of benzene rings is 3. The fraction of sp³-hybridized carbons (Fsp3) is 0.143. The van der Waals surface area contributed by atoms with Gasteiger partial charge < -0.3 is 9.47 Å². The number of methoxy groups -OCH3 is 1. The number of hydrogen-bond acceptors (Lipinski definition) is 5. The maximum Gasteiger partial charge on any atom is 0.266 e. The minimum absolute atomic E-state index is 0.0541. The number of nitrogens with zero attached hydrogens (tertiary/aromatic N) is 2. The standard InChI is InChI=1S/C28H26N2O3S/c1-3-18-33-24-15-14-22(19-25(24)32-2)20-26-27(31)30(17-16-21-10-6-4-7-11-21)28(34-26)29-23-12-8-5-9-13-23/h3-15,19-20H,1,16-18H2,2H3/b26-20+,29-28?. The van der Waals surface area contributed by atoms with Crippen molar-refractivity contribution in [2.45, 2.75) is 6.42 Å². The van der Waals surface area contributed by atoms with E-state index in [4.69, 9.17) is 14.5 Å². The Labute approximate surface area is 204 Å². The van der Waals surface area contributed by atoms with Gasteiger partial charge in [-0.3, -0.25) is 9.69 Å². The smallest absolute Gasteiger partial charge is 0.266 e. The predicted molar refractivity (Wildman–Crippen MR) is 140 cm³/mol. The molecule has 6 heteroatoms. The maximum absolute atomic E-state index is 13.4. The number of carbonyl (C=O) groups is 1. The second kappa shape index (κ2) is 11.4. The van der Waals surface area contributed by atoms with Crippen LogP contribution < -0.4 is 9.47 Å². The largest absolute Gasteiger partial charge is 0.493 e. The summed E-state index contributed by atoms with van der Waals surface area (Å²) in [6.45, 7) is 4.61. The third kappa shape index (κ3) is 5.77. The first-order chi connectivity index (χ1) is 16.7. The van der Waals surface area contributed by atoms with E-state index in [0.717, 1.165) is 17.7 Å². The molecule has 3 aromatic carbocycles. The summed E-state index contributed by atoms with van der Waals surface area (Å²) >= 11 is 1.39. The Morgan fingerprint density at radius 3 is 2.44 bits per heavy atom. The summed E-state index contributed by atoms with van der Waals surface area (Å²) < 4.78 is 11.1. The molecule has 0 unspecified atom stereocenters. The van der Waals surface area contributed by atoms with E-state index in [9.17, 15) is 4.79 Å². The number of amides is 1. The molecule has 4 rings (SSSR count). The van der Waals surface area contributed by atoms with Crippen LogP contribution in [0.1, 0.15) is 11.1 Å². The van der Waals surface area contributed by atoms with Crippen LogP contribution in [0, 0.1) is 0 Å². The lowest BCUT2D eigenvalue weighted by Crippen LogP contribution is -2.31. The molecular formula is C28H26N2O3S. The first-order valence-electron chi connectivity index (χ1n) is 11.0. The molecule has 1 saturated heterocycles. The average molecular weight is 471 g/mol. The topological polar surface area (TPSA) is 51.1 Å². The van der Waals surface area contributed by atoms with Gasteiger partial charge in [0.05, 0.1) is 17.7 Å². The van der Waals surface area contributed by atoms with Crippen LogP contribution >= 0.6 is 11.8 Å². The van der Waals surface area contributed by atoms with E-state index in [1.165, 1.54) is 17.3 Å². The Morgan fingerprint density at radius 1 is 1.00 bits per heavy atom. The number of carbonyl (C=O) groups excluding carboxylic acids is 1. The highest BCUT2D eigenvalue weighted by molar-refractivity contribution is 8.18. The zero-order valence-electron chi connectivity index (χ0n) is 19.0. The summed E-state index contributed by atoms with van der Waals surface area (Å²) in [5, 5.41) is 0.677. The molecule has 34 heavy (non-hydrogen) atoms. The van der Waals surface area contributed by atoms with Gasteiger partial charge in [0.15, 0.2) is 16.7 Å². The van der Waals surface area contributed by atoms with Crippen molar-refractivity contribution in [2.24, 2.45) is 4.99 Å². The van der Waals surface area contributed by atoms with Gasteiger partial charge in [-0.05, 0) is 59.7 Å². The van der Waals surface area contributed by atoms with Crippen molar-refractivity contribution in [2.75, 3.05) is 20.3 Å². The van der Waals surface area contributed by atoms with Crippen molar-refractivity contribution < 1.29 is 14.3 Å². The van der Waals surface area contributed by atoms with Gasteiger partial charge in [-0.1, -0.05) is 67.3 Å². The van der Waals surface area contributed by atoms with E-state index >= 15 is 0 Å². The molecule has 0 aromatic heterocycles. The molecule has 1 fully saturated rings. The monoisotopic (exact) mass is 470 g/mol. The predicted octanol–water partition coefficient (Wildman–Crippen LogP) is 6.11. The molecule has 0 N–H and O–H groups in total. The third-order valence-electron chi connectivity index (χ3n) is 5.18. The SMILES string of the molecule is C=CCOc1ccc(/C=C2/SC(=Nc3ccccc3)N(CCc3ccccc3)C2=O)cc1OC. The maximum atomic E-state index is 13.4. The van der Waals surface area contributed by atoms with Crippen LogP contribution in [0.2, 0.25) is 0 Å². The lowest BCUT2D eigenvalue weighted by atomic mass is 10.1. The van der Waals surface area contributed by atoms with Crippen LogP contribution in [-0.2, 0) is 11.2 Å². The Hall–Kier alpha value is -3.77. The molecule has 0 radical (unpaired) electrons. The van der Waals surface area contributed by atoms with E-state index in [-0.39, 0.29) is 5.91 Å². The number of aliphatic imine (C=N–C) groups is 1. The number of para-hydroxylation sites is 1. The van der Waals surface area contributed by atoms with Crippen LogP contribution in [0.5, 0.6) is 11.5 Å². The molecule has 0 aliphatic carbocycles. The summed E-state index contributed by atoms with van der Waals surface area (Å²) in [4.78, 5) is 20.5. The fourth-order valence-corrected chi connectivity index (χ4v) is 4.51. The molecule has 0 bridgehead atoms. The van der Waals surface area contributed by atoms with Crippen molar-refractivity contribution in [1.29, 1.82) is 0 Å². The molecule has 1 aliphatic rings. The summed E-state index contributed by atoms with van der Waals surface area (Å²) in [7, 11) is 1.60. The Bertz CT molecular complexity index is 1210. The Kier molecular flexibility index (Phi) is 7.83. The molecular weight excluding hydrogens is 444 g/mol. The van der Waals surface area contributed by atoms with Gasteiger partial charge in [0.1, 0.15) is 6.61 Å². The minimum atomic E-state index is -0.0541. The fourth-order valence-electron chi connectivity index (χ4n) is 3.48. The highest BCUT2D eigenvalue weighted by atomic mass is 32.2. The molecule has 0 atom stereocenters. The number of amidine groups is 1. The molecule has 1 aliphatic heterocycles. The van der Waals surface area contributed by atoms with Crippen LogP contribution in [0.15, 0.2) is 101 Å². The first-order valence-corrected chi connectivity index (χ1v) is 11.8. The third-order valence-corrected chi connectivity index (χ3v) is 6.18. The number of hydrogen-bond donors (Lipinski definition) is 0. The van der Waals surface area contributed by atoms with E-state index < -0.39 is 0 Å². The zero-order valence-corrected chi connectivity index (χ0v) is 19.8. The summed E-state index contributed by atoms with van der Waals surface area (Å²) in [5.41, 5.74) is 2.84. The lowest BCUT2D eigenvalue weighted by Gasteiger charge is -2.15. The van der Waals surface area contributed by atoms with Crippen molar-refractivity contribution in [1.82, 2.24) is 4.90 Å². The number of thioether (sulfide) groups is 1. The van der Waals surface area contributed by atoms with Gasteiger partial charge in [-0.15, -0.1) is 0 Å². The van der Waals surface area contributed by atoms with E-state index in [2.05, 4.69) is 18.7 Å². The van der Waals surface area contributed by atoms with Gasteiger partial charge in [0, 0.05) is 6.54 Å². The summed E-state index contributed by atoms with van der Waals surface area (Å²) in [5.74, 6) is 1.18. The highest BCUT2D eigenvalue weighted by Gasteiger charge is 2.33. The molecule has 1 heterocycles. The van der Waals surface area contributed by atoms with Crippen LogP contribution in [0.25, 0.3) is 6.08 Å². The zero-order chi connectivity index (χ0) is 23.8. The molecule has 5 nitrogen and oxygen atoms in total. The number of ether oxygens (including phenoxy) is 2. The van der Waals surface area contributed by atoms with Crippen LogP contribution in [-0.4, -0.2) is 36.2 Å². The van der Waals surface area contributed by atoms with Gasteiger partial charge >= 0.3 is 0 Å². The molecule has 0 spiro atoms. The second-order valence-corrected chi connectivity index (χ2v) is 8.55. The first kappa shape index (κ1) is 23.4. The van der Waals surface area contributed by atoms with Crippen molar-refractivity contribution >= 4 is 34.6 Å². The van der Waals surface area contributed by atoms with E-state index in [1.807, 2.05) is 72.8 Å². The molecule has 0 saturated carbocycles. The highest BCUT2D eigenvalue weighted by Crippen LogP contribution is 2.36. The molecule has 172 valence electrons. The second-order valence-electron chi connectivity index (χ2n) is 7.54. The van der Waals surface area contributed by atoms with Crippen molar-refractivity contribution in [3.05, 3.63) is 108 Å². The molecule has 3 aromatic rings. The van der Waals surface area contributed by atoms with Crippen LogP contribution in [0.3, 0.4) is 0 Å².